The highest BCUT2D eigenvalue weighted by molar-refractivity contribution is 4.93. The number of hydrogen-bond acceptors (Lipinski definition) is 2. The second-order valence-corrected chi connectivity index (χ2v) is 6.75. The predicted molar refractivity (Wildman–Crippen MR) is 69.8 cm³/mol. The number of nitrogens with one attached hydrogen (secondary N) is 1. The van der Waals surface area contributed by atoms with Crippen LogP contribution < -0.4 is 5.32 Å². The minimum atomic E-state index is -0.379. The minimum absolute atomic E-state index is 0.379. The van der Waals surface area contributed by atoms with Crippen molar-refractivity contribution in [2.75, 3.05) is 13.1 Å². The van der Waals surface area contributed by atoms with Gasteiger partial charge in [0.1, 0.15) is 0 Å². The van der Waals surface area contributed by atoms with Gasteiger partial charge in [-0.1, -0.05) is 19.3 Å². The highest BCUT2D eigenvalue weighted by Crippen LogP contribution is 2.48. The van der Waals surface area contributed by atoms with Crippen molar-refractivity contribution in [1.29, 1.82) is 0 Å². The average molecular weight is 237 g/mol. The third-order valence-electron chi connectivity index (χ3n) is 5.07. The zero-order chi connectivity index (χ0) is 11.7. The van der Waals surface area contributed by atoms with Gasteiger partial charge in [0, 0.05) is 6.54 Å². The smallest absolute Gasteiger partial charge is 0.0771 e. The number of hydrogen-bond donors (Lipinski definition) is 2. The quantitative estimate of drug-likeness (QED) is 0.744. The Morgan fingerprint density at radius 3 is 2.12 bits per heavy atom. The molecule has 0 aromatic heterocycles. The van der Waals surface area contributed by atoms with E-state index in [0.717, 1.165) is 43.7 Å². The van der Waals surface area contributed by atoms with E-state index < -0.39 is 0 Å². The average Bonchev–Trinajstić information content (AvgIpc) is 3.16. The Hall–Kier alpha value is -0.0800. The van der Waals surface area contributed by atoms with E-state index in [1.165, 1.54) is 44.9 Å². The molecule has 2 nitrogen and oxygen atoms in total. The molecule has 0 atom stereocenters. The maximum atomic E-state index is 10.4. The molecule has 98 valence electrons. The van der Waals surface area contributed by atoms with Crippen LogP contribution in [0.1, 0.15) is 57.8 Å². The molecule has 0 amide bonds. The Kier molecular flexibility index (Phi) is 3.45. The molecule has 3 aliphatic carbocycles. The van der Waals surface area contributed by atoms with Crippen molar-refractivity contribution < 1.29 is 5.11 Å². The minimum Gasteiger partial charge on any atom is -0.389 e. The molecule has 3 fully saturated rings. The molecule has 0 aromatic carbocycles. The molecular formula is C15H27NO. The molecule has 3 saturated carbocycles. The van der Waals surface area contributed by atoms with E-state index in [2.05, 4.69) is 5.32 Å². The first-order chi connectivity index (χ1) is 8.27. The molecule has 0 aromatic rings. The first-order valence-corrected chi connectivity index (χ1v) is 7.70. The van der Waals surface area contributed by atoms with Gasteiger partial charge in [0.2, 0.25) is 0 Å². The van der Waals surface area contributed by atoms with Gasteiger partial charge in [-0.05, 0) is 62.8 Å². The maximum Gasteiger partial charge on any atom is 0.0771 e. The summed E-state index contributed by atoms with van der Waals surface area (Å²) in [6.07, 6.45) is 11.6. The fraction of sp³-hybridized carbons (Fsp3) is 1.00. The fourth-order valence-electron chi connectivity index (χ4n) is 3.63. The molecule has 0 radical (unpaired) electrons. The highest BCUT2D eigenvalue weighted by atomic mass is 16.3. The topological polar surface area (TPSA) is 32.3 Å². The summed E-state index contributed by atoms with van der Waals surface area (Å²) in [5, 5.41) is 14.0. The third-order valence-corrected chi connectivity index (χ3v) is 5.07. The molecule has 0 spiro atoms. The van der Waals surface area contributed by atoms with Gasteiger partial charge in [0.15, 0.2) is 0 Å². The Morgan fingerprint density at radius 2 is 1.59 bits per heavy atom. The van der Waals surface area contributed by atoms with Crippen molar-refractivity contribution in [3.05, 3.63) is 0 Å². The van der Waals surface area contributed by atoms with Gasteiger partial charge in [0.25, 0.3) is 0 Å². The van der Waals surface area contributed by atoms with Gasteiger partial charge in [0.05, 0.1) is 5.60 Å². The molecule has 2 heteroatoms. The van der Waals surface area contributed by atoms with Crippen molar-refractivity contribution in [2.24, 2.45) is 17.8 Å². The molecule has 0 bridgehead atoms. The van der Waals surface area contributed by atoms with Gasteiger partial charge in [-0.15, -0.1) is 0 Å². The van der Waals surface area contributed by atoms with Gasteiger partial charge < -0.3 is 10.4 Å². The van der Waals surface area contributed by atoms with E-state index >= 15 is 0 Å². The van der Waals surface area contributed by atoms with Gasteiger partial charge in [-0.25, -0.2) is 0 Å². The van der Waals surface area contributed by atoms with Crippen LogP contribution in [0.3, 0.4) is 0 Å². The molecule has 0 saturated heterocycles. The van der Waals surface area contributed by atoms with Gasteiger partial charge in [-0.2, -0.15) is 0 Å². The van der Waals surface area contributed by atoms with Gasteiger partial charge in [-0.3, -0.25) is 0 Å². The lowest BCUT2D eigenvalue weighted by Crippen LogP contribution is -2.43. The molecule has 3 aliphatic rings. The molecule has 17 heavy (non-hydrogen) atoms. The van der Waals surface area contributed by atoms with E-state index in [1.807, 2.05) is 0 Å². The number of rotatable bonds is 6. The Labute approximate surface area is 105 Å². The van der Waals surface area contributed by atoms with Crippen LogP contribution in [0, 0.1) is 17.8 Å². The zero-order valence-electron chi connectivity index (χ0n) is 11.0. The van der Waals surface area contributed by atoms with Crippen LogP contribution in [0.4, 0.5) is 0 Å². The van der Waals surface area contributed by atoms with Crippen molar-refractivity contribution in [3.63, 3.8) is 0 Å². The van der Waals surface area contributed by atoms with Crippen LogP contribution in [-0.4, -0.2) is 23.8 Å². The van der Waals surface area contributed by atoms with Crippen LogP contribution >= 0.6 is 0 Å². The maximum absolute atomic E-state index is 10.4. The summed E-state index contributed by atoms with van der Waals surface area (Å²) in [5.41, 5.74) is -0.379. The first-order valence-electron chi connectivity index (χ1n) is 7.70. The molecular weight excluding hydrogens is 210 g/mol. The van der Waals surface area contributed by atoms with Crippen molar-refractivity contribution in [3.8, 4) is 0 Å². The Bertz CT molecular complexity index is 240. The summed E-state index contributed by atoms with van der Waals surface area (Å²) in [4.78, 5) is 0. The zero-order valence-corrected chi connectivity index (χ0v) is 11.0. The Morgan fingerprint density at radius 1 is 1.00 bits per heavy atom. The summed E-state index contributed by atoms with van der Waals surface area (Å²) < 4.78 is 0. The Balaban J connectivity index is 1.41. The molecule has 0 aliphatic heterocycles. The largest absolute Gasteiger partial charge is 0.389 e. The second kappa shape index (κ2) is 4.89. The summed E-state index contributed by atoms with van der Waals surface area (Å²) >= 11 is 0. The van der Waals surface area contributed by atoms with E-state index in [4.69, 9.17) is 0 Å². The summed E-state index contributed by atoms with van der Waals surface area (Å²) in [6, 6.07) is 0. The van der Waals surface area contributed by atoms with E-state index in [0.29, 0.717) is 0 Å². The summed E-state index contributed by atoms with van der Waals surface area (Å²) in [6.45, 7) is 2.00. The fourth-order valence-corrected chi connectivity index (χ4v) is 3.63. The van der Waals surface area contributed by atoms with Crippen LogP contribution in [0.15, 0.2) is 0 Å². The molecule has 2 N–H and O–H groups in total. The lowest BCUT2D eigenvalue weighted by atomic mass is 9.84. The lowest BCUT2D eigenvalue weighted by Gasteiger charge is -2.33. The van der Waals surface area contributed by atoms with Crippen molar-refractivity contribution in [2.45, 2.75) is 63.4 Å². The summed E-state index contributed by atoms with van der Waals surface area (Å²) in [5.74, 6) is 2.98. The molecule has 0 unspecified atom stereocenters. The predicted octanol–water partition coefficient (Wildman–Crippen LogP) is 2.71. The highest BCUT2D eigenvalue weighted by Gasteiger charge is 2.41. The van der Waals surface area contributed by atoms with Crippen LogP contribution in [0.2, 0.25) is 0 Å². The molecule has 0 heterocycles. The molecule has 3 rings (SSSR count). The standard InChI is InChI=1S/C15H27NO/c17-15(8-2-1-3-9-15)11-16-10-14(12-4-5-12)13-6-7-13/h12-14,16-17H,1-11H2. The summed E-state index contributed by atoms with van der Waals surface area (Å²) in [7, 11) is 0. The van der Waals surface area contributed by atoms with E-state index in [1.54, 1.807) is 0 Å². The number of aliphatic hydroxyl groups is 1. The lowest BCUT2D eigenvalue weighted by molar-refractivity contribution is 0.00395. The SMILES string of the molecule is OC1(CNCC(C2CC2)C2CC2)CCCCC1. The van der Waals surface area contributed by atoms with Gasteiger partial charge >= 0.3 is 0 Å². The first kappa shape index (κ1) is 12.0. The van der Waals surface area contributed by atoms with E-state index in [-0.39, 0.29) is 5.60 Å². The van der Waals surface area contributed by atoms with Crippen LogP contribution in [0.25, 0.3) is 0 Å². The second-order valence-electron chi connectivity index (χ2n) is 6.75. The van der Waals surface area contributed by atoms with Crippen molar-refractivity contribution in [1.82, 2.24) is 5.32 Å². The van der Waals surface area contributed by atoms with E-state index in [9.17, 15) is 5.11 Å². The van der Waals surface area contributed by atoms with Crippen molar-refractivity contribution >= 4 is 0 Å². The van der Waals surface area contributed by atoms with Crippen LogP contribution in [0.5, 0.6) is 0 Å². The normalized spacial score (nSPS) is 28.6. The monoisotopic (exact) mass is 237 g/mol. The van der Waals surface area contributed by atoms with Crippen LogP contribution in [-0.2, 0) is 0 Å². The third kappa shape index (κ3) is 3.23.